The van der Waals surface area contributed by atoms with E-state index in [9.17, 15) is 0 Å². The maximum Gasteiger partial charge on any atom is 0.141 e. The van der Waals surface area contributed by atoms with Crippen molar-refractivity contribution >= 4 is 34.5 Å². The molecule has 1 atom stereocenters. The molecule has 1 aromatic heterocycles. The average Bonchev–Trinajstić information content (AvgIpc) is 2.51. The van der Waals surface area contributed by atoms with E-state index in [1.807, 2.05) is 18.4 Å². The summed E-state index contributed by atoms with van der Waals surface area (Å²) in [4.78, 5) is 0. The fourth-order valence-electron chi connectivity index (χ4n) is 1.07. The first-order chi connectivity index (χ1) is 6.63. The molecule has 6 heteroatoms. The van der Waals surface area contributed by atoms with Crippen molar-refractivity contribution in [3.63, 3.8) is 0 Å². The molecular formula is C8H12ClN3OS. The topological polar surface area (TPSA) is 70.6 Å². The molecule has 0 radical (unpaired) electrons. The molecule has 0 fully saturated rings. The Morgan fingerprint density at radius 2 is 2.57 bits per heavy atom. The van der Waals surface area contributed by atoms with E-state index >= 15 is 0 Å². The molecule has 0 aromatic carbocycles. The van der Waals surface area contributed by atoms with Crippen LogP contribution in [-0.4, -0.2) is 17.1 Å². The van der Waals surface area contributed by atoms with Gasteiger partial charge in [-0.1, -0.05) is 16.8 Å². The van der Waals surface area contributed by atoms with Gasteiger partial charge in [-0.25, -0.2) is 0 Å². The van der Waals surface area contributed by atoms with Gasteiger partial charge >= 0.3 is 0 Å². The summed E-state index contributed by atoms with van der Waals surface area (Å²) in [5.41, 5.74) is 6.25. The molecule has 0 amide bonds. The standard InChI is InChI=1S/C8H12ClN3OS/c1-5(4-7(10)12-13)11-6-2-3-14-8(6)9/h2-3,5,11,13H,4H2,1H3,(H2,10,12). The molecule has 1 aromatic rings. The van der Waals surface area contributed by atoms with Gasteiger partial charge in [-0.05, 0) is 18.4 Å². The van der Waals surface area contributed by atoms with E-state index in [1.165, 1.54) is 11.3 Å². The molecule has 0 bridgehead atoms. The van der Waals surface area contributed by atoms with Gasteiger partial charge in [0, 0.05) is 12.5 Å². The van der Waals surface area contributed by atoms with Crippen LogP contribution in [0.3, 0.4) is 0 Å². The number of anilines is 1. The van der Waals surface area contributed by atoms with Crippen molar-refractivity contribution in [2.75, 3.05) is 5.32 Å². The summed E-state index contributed by atoms with van der Waals surface area (Å²) in [5, 5.41) is 16.3. The molecule has 0 spiro atoms. The van der Waals surface area contributed by atoms with Crippen molar-refractivity contribution in [3.8, 4) is 0 Å². The first kappa shape index (κ1) is 11.1. The van der Waals surface area contributed by atoms with Crippen LogP contribution >= 0.6 is 22.9 Å². The van der Waals surface area contributed by atoms with Crippen LogP contribution < -0.4 is 11.1 Å². The summed E-state index contributed by atoms with van der Waals surface area (Å²) < 4.78 is 0.719. The lowest BCUT2D eigenvalue weighted by molar-refractivity contribution is 0.316. The minimum atomic E-state index is 0.0815. The van der Waals surface area contributed by atoms with Crippen LogP contribution in [-0.2, 0) is 0 Å². The lowest BCUT2D eigenvalue weighted by Gasteiger charge is -2.13. The number of nitrogens with zero attached hydrogens (tertiary/aromatic N) is 1. The van der Waals surface area contributed by atoms with Crippen LogP contribution in [0.4, 0.5) is 5.69 Å². The quantitative estimate of drug-likeness (QED) is 0.324. The molecule has 1 unspecified atom stereocenters. The molecule has 0 aliphatic rings. The molecule has 1 rings (SSSR count). The van der Waals surface area contributed by atoms with Crippen LogP contribution in [0.15, 0.2) is 16.6 Å². The van der Waals surface area contributed by atoms with Crippen molar-refractivity contribution in [1.29, 1.82) is 0 Å². The van der Waals surface area contributed by atoms with E-state index in [2.05, 4.69) is 10.5 Å². The molecule has 0 aliphatic heterocycles. The number of nitrogens with one attached hydrogen (secondary N) is 1. The molecule has 0 saturated carbocycles. The molecule has 4 nitrogen and oxygen atoms in total. The first-order valence-electron chi connectivity index (χ1n) is 4.09. The fraction of sp³-hybridized carbons (Fsp3) is 0.375. The smallest absolute Gasteiger partial charge is 0.141 e. The van der Waals surface area contributed by atoms with Gasteiger partial charge in [0.15, 0.2) is 0 Å². The van der Waals surface area contributed by atoms with Crippen LogP contribution in [0.1, 0.15) is 13.3 Å². The van der Waals surface area contributed by atoms with Gasteiger partial charge in [0.1, 0.15) is 10.2 Å². The van der Waals surface area contributed by atoms with E-state index in [0.717, 1.165) is 10.0 Å². The molecule has 0 aliphatic carbocycles. The number of hydrogen-bond acceptors (Lipinski definition) is 4. The minimum Gasteiger partial charge on any atom is -0.409 e. The lowest BCUT2D eigenvalue weighted by atomic mass is 10.2. The van der Waals surface area contributed by atoms with Gasteiger partial charge in [-0.3, -0.25) is 0 Å². The SMILES string of the molecule is CC(C/C(N)=N/O)Nc1ccsc1Cl. The average molecular weight is 234 g/mol. The number of amidine groups is 1. The Bertz CT molecular complexity index is 326. The number of rotatable bonds is 4. The molecular weight excluding hydrogens is 222 g/mol. The van der Waals surface area contributed by atoms with Gasteiger partial charge in [0.05, 0.1) is 5.69 Å². The normalized spacial score (nSPS) is 14.0. The summed E-state index contributed by atoms with van der Waals surface area (Å²) in [5.74, 6) is 0.205. The van der Waals surface area contributed by atoms with Crippen LogP contribution in [0.2, 0.25) is 4.34 Å². The van der Waals surface area contributed by atoms with E-state index in [0.29, 0.717) is 6.42 Å². The van der Waals surface area contributed by atoms with Crippen molar-refractivity contribution < 1.29 is 5.21 Å². The zero-order chi connectivity index (χ0) is 10.6. The van der Waals surface area contributed by atoms with E-state index in [-0.39, 0.29) is 11.9 Å². The van der Waals surface area contributed by atoms with Crippen LogP contribution in [0.25, 0.3) is 0 Å². The van der Waals surface area contributed by atoms with Crippen LogP contribution in [0.5, 0.6) is 0 Å². The Hall–Kier alpha value is -0.940. The number of nitrogens with two attached hydrogens (primary N) is 1. The highest BCUT2D eigenvalue weighted by Crippen LogP contribution is 2.28. The van der Waals surface area contributed by atoms with Gasteiger partial charge in [-0.15, -0.1) is 11.3 Å². The summed E-state index contributed by atoms with van der Waals surface area (Å²) in [6.45, 7) is 1.94. The van der Waals surface area contributed by atoms with Crippen molar-refractivity contribution in [2.45, 2.75) is 19.4 Å². The molecule has 1 heterocycles. The van der Waals surface area contributed by atoms with Crippen LogP contribution in [0, 0.1) is 0 Å². The highest BCUT2D eigenvalue weighted by Gasteiger charge is 2.07. The van der Waals surface area contributed by atoms with Gasteiger partial charge in [0.25, 0.3) is 0 Å². The van der Waals surface area contributed by atoms with Gasteiger partial charge < -0.3 is 16.3 Å². The highest BCUT2D eigenvalue weighted by molar-refractivity contribution is 7.15. The maximum atomic E-state index is 8.38. The summed E-state index contributed by atoms with van der Waals surface area (Å²) in [7, 11) is 0. The third kappa shape index (κ3) is 3.08. The Morgan fingerprint density at radius 1 is 1.86 bits per heavy atom. The number of hydrogen-bond donors (Lipinski definition) is 3. The molecule has 78 valence electrons. The van der Waals surface area contributed by atoms with Crippen molar-refractivity contribution in [2.24, 2.45) is 10.9 Å². The Labute approximate surface area is 91.4 Å². The third-order valence-corrected chi connectivity index (χ3v) is 2.83. The minimum absolute atomic E-state index is 0.0815. The lowest BCUT2D eigenvalue weighted by Crippen LogP contribution is -2.24. The van der Waals surface area contributed by atoms with Gasteiger partial charge in [0.2, 0.25) is 0 Å². The monoisotopic (exact) mass is 233 g/mol. The number of oxime groups is 1. The second-order valence-corrected chi connectivity index (χ2v) is 4.47. The predicted molar refractivity (Wildman–Crippen MR) is 60.4 cm³/mol. The Kier molecular flexibility index (Phi) is 4.03. The fourth-order valence-corrected chi connectivity index (χ4v) is 1.92. The second-order valence-electron chi connectivity index (χ2n) is 2.95. The van der Waals surface area contributed by atoms with E-state index in [4.69, 9.17) is 22.5 Å². The Balaban J connectivity index is 2.49. The molecule has 4 N–H and O–H groups in total. The summed E-state index contributed by atoms with van der Waals surface area (Å²) >= 11 is 7.36. The number of halogens is 1. The number of thiophene rings is 1. The summed E-state index contributed by atoms with van der Waals surface area (Å²) in [6.07, 6.45) is 0.475. The van der Waals surface area contributed by atoms with E-state index < -0.39 is 0 Å². The summed E-state index contributed by atoms with van der Waals surface area (Å²) in [6, 6.07) is 1.98. The maximum absolute atomic E-state index is 8.38. The Morgan fingerprint density at radius 3 is 3.07 bits per heavy atom. The van der Waals surface area contributed by atoms with E-state index in [1.54, 1.807) is 0 Å². The van der Waals surface area contributed by atoms with Crippen molar-refractivity contribution in [1.82, 2.24) is 0 Å². The first-order valence-corrected chi connectivity index (χ1v) is 5.35. The van der Waals surface area contributed by atoms with Crippen molar-refractivity contribution in [3.05, 3.63) is 15.8 Å². The zero-order valence-corrected chi connectivity index (χ0v) is 9.27. The largest absolute Gasteiger partial charge is 0.409 e. The molecule has 0 saturated heterocycles. The zero-order valence-electron chi connectivity index (χ0n) is 7.70. The second kappa shape index (κ2) is 5.07. The third-order valence-electron chi connectivity index (χ3n) is 1.66. The highest BCUT2D eigenvalue weighted by atomic mass is 35.5. The predicted octanol–water partition coefficient (Wildman–Crippen LogP) is 2.34. The molecule has 14 heavy (non-hydrogen) atoms. The van der Waals surface area contributed by atoms with Gasteiger partial charge in [-0.2, -0.15) is 0 Å².